The fraction of sp³-hybridized carbons (Fsp3) is 0.316. The second-order valence-corrected chi connectivity index (χ2v) is 6.79. The van der Waals surface area contributed by atoms with Gasteiger partial charge in [0, 0.05) is 4.90 Å². The molecule has 1 amide bonds. The highest BCUT2D eigenvalue weighted by molar-refractivity contribution is 7.99. The topological polar surface area (TPSA) is 29.1 Å². The van der Waals surface area contributed by atoms with Gasteiger partial charge in [-0.05, 0) is 49.8 Å². The molecule has 1 N–H and O–H groups in total. The van der Waals surface area contributed by atoms with E-state index in [1.807, 2.05) is 31.2 Å². The summed E-state index contributed by atoms with van der Waals surface area (Å²) in [6.07, 6.45) is 0. The Kier molecular flexibility index (Phi) is 5.67. The first kappa shape index (κ1) is 16.6. The molecule has 1 atom stereocenters. The molecule has 0 heterocycles. The van der Waals surface area contributed by atoms with Crippen molar-refractivity contribution in [2.75, 3.05) is 5.75 Å². The van der Waals surface area contributed by atoms with Crippen molar-refractivity contribution in [2.45, 2.75) is 38.6 Å². The summed E-state index contributed by atoms with van der Waals surface area (Å²) in [7, 11) is 0. The number of hydrogen-bond donors (Lipinski definition) is 1. The number of hydrogen-bond acceptors (Lipinski definition) is 2. The van der Waals surface area contributed by atoms with Crippen LogP contribution in [0.15, 0.2) is 47.4 Å². The van der Waals surface area contributed by atoms with E-state index in [4.69, 9.17) is 0 Å². The number of aryl methyl sites for hydroxylation is 2. The lowest BCUT2D eigenvalue weighted by Gasteiger charge is -2.18. The minimum Gasteiger partial charge on any atom is -0.345 e. The average molecular weight is 313 g/mol. The monoisotopic (exact) mass is 313 g/mol. The Morgan fingerprint density at radius 3 is 2.59 bits per heavy atom. The van der Waals surface area contributed by atoms with Gasteiger partial charge < -0.3 is 5.32 Å². The maximum atomic E-state index is 12.6. The van der Waals surface area contributed by atoms with Gasteiger partial charge in [0.1, 0.15) is 0 Å². The molecule has 0 radical (unpaired) electrons. The molecular formula is C19H23NOS. The number of carbonyl (C=O) groups excluding carboxylic acids is 1. The van der Waals surface area contributed by atoms with Crippen molar-refractivity contribution in [3.63, 3.8) is 0 Å². The number of carbonyl (C=O) groups is 1. The first-order valence-electron chi connectivity index (χ1n) is 7.62. The van der Waals surface area contributed by atoms with Gasteiger partial charge in [-0.15, -0.1) is 11.8 Å². The van der Waals surface area contributed by atoms with E-state index >= 15 is 0 Å². The van der Waals surface area contributed by atoms with Crippen molar-refractivity contribution >= 4 is 17.7 Å². The highest BCUT2D eigenvalue weighted by Gasteiger charge is 2.15. The van der Waals surface area contributed by atoms with Gasteiger partial charge in [-0.25, -0.2) is 0 Å². The van der Waals surface area contributed by atoms with E-state index < -0.39 is 0 Å². The van der Waals surface area contributed by atoms with E-state index in [1.165, 1.54) is 16.7 Å². The van der Waals surface area contributed by atoms with Crippen molar-refractivity contribution in [2.24, 2.45) is 0 Å². The van der Waals surface area contributed by atoms with Crippen LogP contribution in [-0.4, -0.2) is 11.7 Å². The lowest BCUT2D eigenvalue weighted by atomic mass is 10.00. The Bertz CT molecular complexity index is 666. The molecule has 22 heavy (non-hydrogen) atoms. The van der Waals surface area contributed by atoms with Crippen LogP contribution in [0, 0.1) is 13.8 Å². The zero-order chi connectivity index (χ0) is 16.1. The van der Waals surface area contributed by atoms with Crippen molar-refractivity contribution < 1.29 is 4.79 Å². The summed E-state index contributed by atoms with van der Waals surface area (Å²) in [4.78, 5) is 13.6. The van der Waals surface area contributed by atoms with Crippen LogP contribution in [0.2, 0.25) is 0 Å². The van der Waals surface area contributed by atoms with E-state index in [9.17, 15) is 4.79 Å². The molecule has 3 heteroatoms. The molecule has 0 saturated heterocycles. The lowest BCUT2D eigenvalue weighted by molar-refractivity contribution is 0.0937. The third-order valence-corrected chi connectivity index (χ3v) is 4.63. The Balaban J connectivity index is 2.18. The van der Waals surface area contributed by atoms with Crippen LogP contribution in [0.1, 0.15) is 46.9 Å². The van der Waals surface area contributed by atoms with E-state index in [-0.39, 0.29) is 11.9 Å². The maximum absolute atomic E-state index is 12.6. The van der Waals surface area contributed by atoms with Gasteiger partial charge in [0.25, 0.3) is 5.91 Å². The van der Waals surface area contributed by atoms with Crippen molar-refractivity contribution in [3.05, 3.63) is 64.7 Å². The van der Waals surface area contributed by atoms with Gasteiger partial charge in [-0.2, -0.15) is 0 Å². The maximum Gasteiger partial charge on any atom is 0.252 e. The predicted molar refractivity (Wildman–Crippen MR) is 94.6 cm³/mol. The average Bonchev–Trinajstić information content (AvgIpc) is 2.47. The molecule has 0 aromatic heterocycles. The number of nitrogens with one attached hydrogen (secondary N) is 1. The van der Waals surface area contributed by atoms with Crippen molar-refractivity contribution in [3.8, 4) is 0 Å². The van der Waals surface area contributed by atoms with E-state index in [1.54, 1.807) is 11.8 Å². The minimum atomic E-state index is -0.0102. The highest BCUT2D eigenvalue weighted by Crippen LogP contribution is 2.24. The molecular weight excluding hydrogens is 290 g/mol. The summed E-state index contributed by atoms with van der Waals surface area (Å²) in [5.41, 5.74) is 4.37. The third-order valence-electron chi connectivity index (χ3n) is 3.67. The third kappa shape index (κ3) is 3.92. The fourth-order valence-corrected chi connectivity index (χ4v) is 3.40. The molecule has 2 nitrogen and oxygen atoms in total. The number of thioether (sulfide) groups is 1. The molecule has 0 aliphatic carbocycles. The summed E-state index contributed by atoms with van der Waals surface area (Å²) in [5.74, 6) is 0.945. The molecule has 0 fully saturated rings. The molecule has 116 valence electrons. The Morgan fingerprint density at radius 2 is 1.91 bits per heavy atom. The first-order valence-corrected chi connectivity index (χ1v) is 8.61. The van der Waals surface area contributed by atoms with Gasteiger partial charge in [0.05, 0.1) is 11.6 Å². The summed E-state index contributed by atoms with van der Waals surface area (Å²) in [6, 6.07) is 14.1. The van der Waals surface area contributed by atoms with Crippen LogP contribution in [0.5, 0.6) is 0 Å². The second kappa shape index (κ2) is 7.50. The van der Waals surface area contributed by atoms with Crippen LogP contribution in [0.4, 0.5) is 0 Å². The van der Waals surface area contributed by atoms with E-state index in [2.05, 4.69) is 44.3 Å². The lowest BCUT2D eigenvalue weighted by Crippen LogP contribution is -2.27. The highest BCUT2D eigenvalue weighted by atomic mass is 32.2. The molecule has 0 aliphatic rings. The standard InChI is InChI=1S/C19H23NOS/c1-5-22-18-9-7-6-8-17(18)19(21)20-15(4)16-11-10-13(2)12-14(16)3/h6-12,15H,5H2,1-4H3,(H,20,21)/t15-/m0/s1. The zero-order valence-corrected chi connectivity index (χ0v) is 14.5. The largest absolute Gasteiger partial charge is 0.345 e. The first-order chi connectivity index (χ1) is 10.5. The van der Waals surface area contributed by atoms with E-state index in [0.29, 0.717) is 0 Å². The van der Waals surface area contributed by atoms with Crippen LogP contribution in [-0.2, 0) is 0 Å². The molecule has 2 aromatic rings. The fourth-order valence-electron chi connectivity index (χ4n) is 2.60. The summed E-state index contributed by atoms with van der Waals surface area (Å²) in [5, 5.41) is 3.12. The van der Waals surface area contributed by atoms with Crippen LogP contribution in [0.25, 0.3) is 0 Å². The zero-order valence-electron chi connectivity index (χ0n) is 13.6. The predicted octanol–water partition coefficient (Wildman–Crippen LogP) is 4.91. The van der Waals surface area contributed by atoms with Crippen LogP contribution < -0.4 is 5.32 Å². The van der Waals surface area contributed by atoms with Crippen LogP contribution >= 0.6 is 11.8 Å². The summed E-state index contributed by atoms with van der Waals surface area (Å²) < 4.78 is 0. The smallest absolute Gasteiger partial charge is 0.252 e. The molecule has 0 unspecified atom stereocenters. The number of amides is 1. The SMILES string of the molecule is CCSc1ccccc1C(=O)N[C@@H](C)c1ccc(C)cc1C. The molecule has 0 aliphatic heterocycles. The summed E-state index contributed by atoms with van der Waals surface area (Å²) >= 11 is 1.70. The number of rotatable bonds is 5. The second-order valence-electron chi connectivity index (χ2n) is 5.48. The van der Waals surface area contributed by atoms with Gasteiger partial charge >= 0.3 is 0 Å². The molecule has 0 spiro atoms. The van der Waals surface area contributed by atoms with Gasteiger partial charge in [0.15, 0.2) is 0 Å². The van der Waals surface area contributed by atoms with Gasteiger partial charge in [-0.1, -0.05) is 42.8 Å². The van der Waals surface area contributed by atoms with Gasteiger partial charge in [0.2, 0.25) is 0 Å². The van der Waals surface area contributed by atoms with Gasteiger partial charge in [-0.3, -0.25) is 4.79 Å². The summed E-state index contributed by atoms with van der Waals surface area (Å²) in [6.45, 7) is 8.30. The van der Waals surface area contributed by atoms with Crippen LogP contribution in [0.3, 0.4) is 0 Å². The van der Waals surface area contributed by atoms with E-state index in [0.717, 1.165) is 16.2 Å². The number of benzene rings is 2. The molecule has 2 aromatic carbocycles. The van der Waals surface area contributed by atoms with Crippen molar-refractivity contribution in [1.82, 2.24) is 5.32 Å². The van der Waals surface area contributed by atoms with Crippen molar-refractivity contribution in [1.29, 1.82) is 0 Å². The quantitative estimate of drug-likeness (QED) is 0.795. The Labute approximate surface area is 137 Å². The Morgan fingerprint density at radius 1 is 1.18 bits per heavy atom. The minimum absolute atomic E-state index is 0.00668. The normalized spacial score (nSPS) is 12.0. The molecule has 0 bridgehead atoms. The Hall–Kier alpha value is -1.74. The molecule has 0 saturated carbocycles. The molecule has 2 rings (SSSR count).